The van der Waals surface area contributed by atoms with Gasteiger partial charge in [-0.1, -0.05) is 19.1 Å². The molecule has 0 aliphatic heterocycles. The van der Waals surface area contributed by atoms with Crippen LogP contribution in [0.2, 0.25) is 0 Å². The summed E-state index contributed by atoms with van der Waals surface area (Å²) in [5.41, 5.74) is 14.3. The van der Waals surface area contributed by atoms with Gasteiger partial charge >= 0.3 is 11.9 Å². The first kappa shape index (κ1) is 27.4. The maximum atomic E-state index is 12.9. The second-order valence-corrected chi connectivity index (χ2v) is 8.46. The molecule has 0 bridgehead atoms. The highest BCUT2D eigenvalue weighted by Crippen LogP contribution is 2.31. The lowest BCUT2D eigenvalue weighted by atomic mass is 9.89. The van der Waals surface area contributed by atoms with E-state index in [0.717, 1.165) is 17.5 Å². The number of benzene rings is 1. The Morgan fingerprint density at radius 1 is 1.03 bits per heavy atom. The number of hydrogen-bond donors (Lipinski definition) is 3. The van der Waals surface area contributed by atoms with E-state index in [-0.39, 0.29) is 43.7 Å². The quantitative estimate of drug-likeness (QED) is 0.307. The van der Waals surface area contributed by atoms with Crippen LogP contribution in [0.3, 0.4) is 0 Å². The van der Waals surface area contributed by atoms with Gasteiger partial charge in [0.15, 0.2) is 0 Å². The first-order valence-corrected chi connectivity index (χ1v) is 12.3. The Hall–Kier alpha value is -4.15. The first-order chi connectivity index (χ1) is 17.8. The van der Waals surface area contributed by atoms with Gasteiger partial charge in [0, 0.05) is 17.5 Å². The Morgan fingerprint density at radius 2 is 1.73 bits per heavy atom. The van der Waals surface area contributed by atoms with E-state index in [2.05, 4.69) is 22.2 Å². The molecule has 0 fully saturated rings. The molecule has 11 nitrogen and oxygen atoms in total. The SMILES string of the molecule is CCOC(=O)CC[C@H](NC(=O)c1ccc(C(CC)Cc2coc3nc(N)nc(N)c23)cc1)C(=O)OCC. The zero-order valence-electron chi connectivity index (χ0n) is 21.3. The van der Waals surface area contributed by atoms with Gasteiger partial charge in [0.2, 0.25) is 11.7 Å². The monoisotopic (exact) mass is 511 g/mol. The van der Waals surface area contributed by atoms with Crippen molar-refractivity contribution in [1.82, 2.24) is 15.3 Å². The molecule has 3 rings (SSSR count). The number of esters is 2. The van der Waals surface area contributed by atoms with Crippen molar-refractivity contribution in [3.05, 3.63) is 47.2 Å². The van der Waals surface area contributed by atoms with Gasteiger partial charge in [-0.3, -0.25) is 9.59 Å². The highest BCUT2D eigenvalue weighted by molar-refractivity contribution is 5.97. The highest BCUT2D eigenvalue weighted by atomic mass is 16.5. The van der Waals surface area contributed by atoms with Crippen molar-refractivity contribution in [2.45, 2.75) is 58.4 Å². The minimum Gasteiger partial charge on any atom is -0.466 e. The second kappa shape index (κ2) is 12.7. The predicted molar refractivity (Wildman–Crippen MR) is 138 cm³/mol. The fourth-order valence-electron chi connectivity index (χ4n) is 4.10. The van der Waals surface area contributed by atoms with Crippen LogP contribution in [0.1, 0.15) is 67.4 Å². The maximum absolute atomic E-state index is 12.9. The molecule has 2 aromatic heterocycles. The molecule has 2 atom stereocenters. The molecular weight excluding hydrogens is 478 g/mol. The number of aromatic nitrogens is 2. The molecule has 0 saturated carbocycles. The number of anilines is 2. The number of nitrogens with one attached hydrogen (secondary N) is 1. The molecule has 0 aliphatic rings. The topological polar surface area (TPSA) is 173 Å². The van der Waals surface area contributed by atoms with Crippen molar-refractivity contribution < 1.29 is 28.3 Å². The van der Waals surface area contributed by atoms with Crippen LogP contribution in [0.4, 0.5) is 11.8 Å². The van der Waals surface area contributed by atoms with E-state index in [0.29, 0.717) is 23.1 Å². The van der Waals surface area contributed by atoms with Crippen molar-refractivity contribution in [1.29, 1.82) is 0 Å². The van der Waals surface area contributed by atoms with Crippen molar-refractivity contribution in [2.24, 2.45) is 0 Å². The van der Waals surface area contributed by atoms with Gasteiger partial charge in [0.25, 0.3) is 5.91 Å². The molecule has 2 heterocycles. The number of hydrogen-bond acceptors (Lipinski definition) is 10. The Labute approximate surface area is 214 Å². The zero-order chi connectivity index (χ0) is 26.9. The number of carbonyl (C=O) groups is 3. The van der Waals surface area contributed by atoms with Crippen LogP contribution in [0.5, 0.6) is 0 Å². The van der Waals surface area contributed by atoms with Crippen molar-refractivity contribution in [2.75, 3.05) is 24.7 Å². The van der Waals surface area contributed by atoms with E-state index in [1.165, 1.54) is 0 Å². The predicted octanol–water partition coefficient (Wildman–Crippen LogP) is 3.13. The van der Waals surface area contributed by atoms with E-state index < -0.39 is 23.9 Å². The molecule has 198 valence electrons. The summed E-state index contributed by atoms with van der Waals surface area (Å²) in [6, 6.07) is 6.19. The summed E-state index contributed by atoms with van der Waals surface area (Å²) in [5.74, 6) is -1.04. The molecule has 3 aromatic rings. The zero-order valence-corrected chi connectivity index (χ0v) is 21.3. The number of fused-ring (bicyclic) bond motifs is 1. The van der Waals surface area contributed by atoms with Crippen LogP contribution in [-0.4, -0.2) is 47.1 Å². The van der Waals surface area contributed by atoms with Crippen LogP contribution in [0.15, 0.2) is 34.9 Å². The van der Waals surface area contributed by atoms with E-state index in [9.17, 15) is 14.4 Å². The number of furan rings is 1. The summed E-state index contributed by atoms with van der Waals surface area (Å²) in [7, 11) is 0. The Kier molecular flexibility index (Phi) is 9.42. The van der Waals surface area contributed by atoms with E-state index >= 15 is 0 Å². The Bertz CT molecular complexity index is 1240. The summed E-state index contributed by atoms with van der Waals surface area (Å²) in [4.78, 5) is 45.0. The molecule has 0 aliphatic carbocycles. The third-order valence-corrected chi connectivity index (χ3v) is 5.98. The molecule has 5 N–H and O–H groups in total. The van der Waals surface area contributed by atoms with Gasteiger partial charge in [0.1, 0.15) is 11.9 Å². The molecule has 0 spiro atoms. The third-order valence-electron chi connectivity index (χ3n) is 5.98. The molecule has 0 radical (unpaired) electrons. The number of ether oxygens (including phenoxy) is 2. The van der Waals surface area contributed by atoms with E-state index in [4.69, 9.17) is 25.4 Å². The molecule has 11 heteroatoms. The van der Waals surface area contributed by atoms with Gasteiger partial charge in [-0.05, 0) is 56.7 Å². The molecule has 0 saturated heterocycles. The van der Waals surface area contributed by atoms with E-state index in [1.807, 2.05) is 12.1 Å². The summed E-state index contributed by atoms with van der Waals surface area (Å²) >= 11 is 0. The molecule has 37 heavy (non-hydrogen) atoms. The van der Waals surface area contributed by atoms with Gasteiger partial charge in [0.05, 0.1) is 24.9 Å². The van der Waals surface area contributed by atoms with Crippen molar-refractivity contribution >= 4 is 40.7 Å². The number of nitrogens with two attached hydrogens (primary N) is 2. The normalized spacial score (nSPS) is 12.6. The highest BCUT2D eigenvalue weighted by Gasteiger charge is 2.24. The maximum Gasteiger partial charge on any atom is 0.328 e. The van der Waals surface area contributed by atoms with Crippen LogP contribution >= 0.6 is 0 Å². The average molecular weight is 512 g/mol. The number of carbonyl (C=O) groups excluding carboxylic acids is 3. The van der Waals surface area contributed by atoms with Gasteiger partial charge in [-0.2, -0.15) is 9.97 Å². The molecule has 1 aromatic carbocycles. The number of nitrogen functional groups attached to an aromatic ring is 2. The van der Waals surface area contributed by atoms with Crippen LogP contribution in [0.25, 0.3) is 11.1 Å². The van der Waals surface area contributed by atoms with Crippen LogP contribution in [0, 0.1) is 0 Å². The van der Waals surface area contributed by atoms with Crippen molar-refractivity contribution in [3.63, 3.8) is 0 Å². The Balaban J connectivity index is 1.71. The lowest BCUT2D eigenvalue weighted by molar-refractivity contribution is -0.146. The lowest BCUT2D eigenvalue weighted by Crippen LogP contribution is -2.42. The summed E-state index contributed by atoms with van der Waals surface area (Å²) in [6.07, 6.45) is 3.14. The molecule has 1 amide bonds. The van der Waals surface area contributed by atoms with Crippen LogP contribution in [-0.2, 0) is 25.5 Å². The minimum atomic E-state index is -0.962. The van der Waals surface area contributed by atoms with Gasteiger partial charge in [-0.15, -0.1) is 0 Å². The summed E-state index contributed by atoms with van der Waals surface area (Å²) < 4.78 is 15.5. The summed E-state index contributed by atoms with van der Waals surface area (Å²) in [6.45, 7) is 5.85. The lowest BCUT2D eigenvalue weighted by Gasteiger charge is -2.18. The van der Waals surface area contributed by atoms with Crippen LogP contribution < -0.4 is 16.8 Å². The molecular formula is C26H33N5O6. The van der Waals surface area contributed by atoms with Crippen molar-refractivity contribution in [3.8, 4) is 0 Å². The largest absolute Gasteiger partial charge is 0.466 e. The number of amides is 1. The number of nitrogens with zero attached hydrogens (tertiary/aromatic N) is 2. The summed E-state index contributed by atoms with van der Waals surface area (Å²) in [5, 5.41) is 3.32. The number of rotatable bonds is 12. The van der Waals surface area contributed by atoms with E-state index in [1.54, 1.807) is 32.2 Å². The average Bonchev–Trinajstić information content (AvgIpc) is 3.28. The molecule has 1 unspecified atom stereocenters. The fourth-order valence-corrected chi connectivity index (χ4v) is 4.10. The van der Waals surface area contributed by atoms with Gasteiger partial charge < -0.3 is 30.7 Å². The second-order valence-electron chi connectivity index (χ2n) is 8.46. The minimum absolute atomic E-state index is 0.0143. The first-order valence-electron chi connectivity index (χ1n) is 12.3. The standard InChI is InChI=1S/C26H33N5O6/c1-4-15(13-18-14-37-24-21(18)22(27)30-26(28)31-24)16-7-9-17(10-8-16)23(33)29-19(25(34)36-6-3)11-12-20(32)35-5-2/h7-10,14-15,19H,4-6,11-13H2,1-3H3,(H,29,33)(H4,27,28,30,31)/t15?,19-/m0/s1. The fraction of sp³-hybridized carbons (Fsp3) is 0.423. The smallest absolute Gasteiger partial charge is 0.328 e. The third kappa shape index (κ3) is 6.96. The van der Waals surface area contributed by atoms with Gasteiger partial charge in [-0.25, -0.2) is 4.79 Å². The Morgan fingerprint density at radius 3 is 2.38 bits per heavy atom.